The van der Waals surface area contributed by atoms with E-state index in [1.165, 1.54) is 0 Å². The Bertz CT molecular complexity index is 1400. The summed E-state index contributed by atoms with van der Waals surface area (Å²) < 4.78 is 5.37. The lowest BCUT2D eigenvalue weighted by atomic mass is 9.89. The van der Waals surface area contributed by atoms with E-state index in [-0.39, 0.29) is 11.5 Å². The van der Waals surface area contributed by atoms with Crippen molar-refractivity contribution in [2.45, 2.75) is 0 Å². The Morgan fingerprint density at radius 3 is 2.10 bits per heavy atom. The molecule has 5 aromatic carbocycles. The first kappa shape index (κ1) is 18.1. The predicted octanol–water partition coefficient (Wildman–Crippen LogP) is 6.75. The highest BCUT2D eigenvalue weighted by molar-refractivity contribution is 6.11. The number of hydrogen-bond donors (Lipinski definition) is 2. The molecule has 0 aliphatic rings. The molecule has 0 heterocycles. The average Bonchev–Trinajstić information content (AvgIpc) is 2.79. The van der Waals surface area contributed by atoms with Gasteiger partial charge >= 0.3 is 0 Å². The molecule has 0 unspecified atom stereocenters. The third kappa shape index (κ3) is 2.83. The molecule has 0 bridgehead atoms. The van der Waals surface area contributed by atoms with Gasteiger partial charge in [-0.15, -0.1) is 0 Å². The summed E-state index contributed by atoms with van der Waals surface area (Å²) in [7, 11) is 1.62. The zero-order valence-electron chi connectivity index (χ0n) is 16.5. The van der Waals surface area contributed by atoms with Gasteiger partial charge in [-0.2, -0.15) is 0 Å². The quantitative estimate of drug-likeness (QED) is 0.357. The molecule has 0 amide bonds. The van der Waals surface area contributed by atoms with Crippen LogP contribution in [0, 0.1) is 0 Å². The molecular formula is C27H20O3. The van der Waals surface area contributed by atoms with Crippen molar-refractivity contribution in [2.24, 2.45) is 0 Å². The summed E-state index contributed by atoms with van der Waals surface area (Å²) in [5.41, 5.74) is 2.79. The van der Waals surface area contributed by atoms with Crippen LogP contribution in [0.25, 0.3) is 43.8 Å². The molecule has 5 rings (SSSR count). The van der Waals surface area contributed by atoms with E-state index in [0.29, 0.717) is 16.7 Å². The summed E-state index contributed by atoms with van der Waals surface area (Å²) in [6, 6.07) is 29.0. The van der Waals surface area contributed by atoms with Crippen molar-refractivity contribution in [1.82, 2.24) is 0 Å². The van der Waals surface area contributed by atoms with Gasteiger partial charge in [-0.1, -0.05) is 66.7 Å². The Kier molecular flexibility index (Phi) is 4.29. The average molecular weight is 392 g/mol. The second kappa shape index (κ2) is 7.12. The molecule has 0 saturated carbocycles. The van der Waals surface area contributed by atoms with Crippen LogP contribution < -0.4 is 4.74 Å². The molecule has 0 atom stereocenters. The molecule has 30 heavy (non-hydrogen) atoms. The zero-order valence-corrected chi connectivity index (χ0v) is 16.5. The van der Waals surface area contributed by atoms with Gasteiger partial charge in [-0.3, -0.25) is 0 Å². The van der Waals surface area contributed by atoms with Crippen molar-refractivity contribution < 1.29 is 14.9 Å². The van der Waals surface area contributed by atoms with Gasteiger partial charge < -0.3 is 14.9 Å². The molecule has 3 nitrogen and oxygen atoms in total. The minimum absolute atomic E-state index is 0.133. The zero-order chi connectivity index (χ0) is 20.7. The van der Waals surface area contributed by atoms with E-state index in [0.717, 1.165) is 32.9 Å². The molecule has 0 aromatic heterocycles. The first-order valence-electron chi connectivity index (χ1n) is 9.77. The van der Waals surface area contributed by atoms with Crippen LogP contribution >= 0.6 is 0 Å². The minimum Gasteiger partial charge on any atom is -0.507 e. The fraction of sp³-hybridized carbons (Fsp3) is 0.0370. The van der Waals surface area contributed by atoms with Crippen molar-refractivity contribution in [3.63, 3.8) is 0 Å². The van der Waals surface area contributed by atoms with Gasteiger partial charge in [0.15, 0.2) is 0 Å². The van der Waals surface area contributed by atoms with Crippen LogP contribution in [0.3, 0.4) is 0 Å². The minimum atomic E-state index is 0.133. The number of fused-ring (bicyclic) bond motifs is 2. The van der Waals surface area contributed by atoms with Crippen molar-refractivity contribution in [3.05, 3.63) is 91.0 Å². The van der Waals surface area contributed by atoms with Crippen LogP contribution in [-0.2, 0) is 0 Å². The third-order valence-corrected chi connectivity index (χ3v) is 5.56. The molecule has 0 aliphatic carbocycles. The highest BCUT2D eigenvalue weighted by Gasteiger charge is 2.20. The van der Waals surface area contributed by atoms with Gasteiger partial charge in [0.25, 0.3) is 0 Å². The van der Waals surface area contributed by atoms with E-state index < -0.39 is 0 Å². The van der Waals surface area contributed by atoms with Crippen molar-refractivity contribution in [1.29, 1.82) is 0 Å². The number of phenols is 2. The topological polar surface area (TPSA) is 49.7 Å². The Hall–Kier alpha value is -3.98. The summed E-state index contributed by atoms with van der Waals surface area (Å²) in [5, 5.41) is 26.1. The Balaban J connectivity index is 1.92. The monoisotopic (exact) mass is 392 g/mol. The summed E-state index contributed by atoms with van der Waals surface area (Å²) in [6.45, 7) is 0. The standard InChI is InChI=1S/C27H20O3/c1-30-20-10-6-9-18(15-20)23-16-19-8-3-5-12-22(19)26(27(23)29)25-21-11-4-2-7-17(21)13-14-24(25)28/h2-16,28-29H,1H3. The molecule has 0 saturated heterocycles. The third-order valence-electron chi connectivity index (χ3n) is 5.56. The Morgan fingerprint density at radius 1 is 0.633 bits per heavy atom. The summed E-state index contributed by atoms with van der Waals surface area (Å²) >= 11 is 0. The fourth-order valence-corrected chi connectivity index (χ4v) is 4.12. The number of phenolic OH excluding ortho intramolecular Hbond substituents is 2. The number of ether oxygens (including phenoxy) is 1. The fourth-order valence-electron chi connectivity index (χ4n) is 4.12. The van der Waals surface area contributed by atoms with Crippen molar-refractivity contribution in [2.75, 3.05) is 7.11 Å². The maximum absolute atomic E-state index is 11.5. The first-order valence-corrected chi connectivity index (χ1v) is 9.77. The van der Waals surface area contributed by atoms with Crippen LogP contribution in [-0.4, -0.2) is 17.3 Å². The number of rotatable bonds is 3. The lowest BCUT2D eigenvalue weighted by Gasteiger charge is -2.17. The number of methoxy groups -OCH3 is 1. The number of hydrogen-bond acceptors (Lipinski definition) is 3. The smallest absolute Gasteiger partial charge is 0.132 e. The molecule has 0 spiro atoms. The molecule has 3 heteroatoms. The van der Waals surface area contributed by atoms with Gasteiger partial charge in [0, 0.05) is 16.7 Å². The van der Waals surface area contributed by atoms with Crippen LogP contribution in [0.4, 0.5) is 0 Å². The van der Waals surface area contributed by atoms with E-state index in [9.17, 15) is 10.2 Å². The Labute approximate surface area is 174 Å². The molecule has 0 fully saturated rings. The van der Waals surface area contributed by atoms with Gasteiger partial charge in [-0.05, 0) is 51.4 Å². The predicted molar refractivity (Wildman–Crippen MR) is 122 cm³/mol. The maximum atomic E-state index is 11.5. The Morgan fingerprint density at radius 2 is 1.33 bits per heavy atom. The van der Waals surface area contributed by atoms with Gasteiger partial charge in [0.1, 0.15) is 17.2 Å². The van der Waals surface area contributed by atoms with E-state index in [1.54, 1.807) is 13.2 Å². The molecule has 0 radical (unpaired) electrons. The second-order valence-electron chi connectivity index (χ2n) is 7.28. The highest BCUT2D eigenvalue weighted by Crippen LogP contribution is 2.48. The molecule has 5 aromatic rings. The summed E-state index contributed by atoms with van der Waals surface area (Å²) in [4.78, 5) is 0. The van der Waals surface area contributed by atoms with Crippen LogP contribution in [0.2, 0.25) is 0 Å². The molecule has 0 aliphatic heterocycles. The highest BCUT2D eigenvalue weighted by atomic mass is 16.5. The molecule has 146 valence electrons. The van der Waals surface area contributed by atoms with Gasteiger partial charge in [-0.25, -0.2) is 0 Å². The van der Waals surface area contributed by atoms with Crippen molar-refractivity contribution in [3.8, 4) is 39.5 Å². The first-order chi connectivity index (χ1) is 14.7. The van der Waals surface area contributed by atoms with Crippen LogP contribution in [0.5, 0.6) is 17.2 Å². The second-order valence-corrected chi connectivity index (χ2v) is 7.28. The van der Waals surface area contributed by atoms with E-state index >= 15 is 0 Å². The normalized spacial score (nSPS) is 11.1. The molecular weight excluding hydrogens is 372 g/mol. The van der Waals surface area contributed by atoms with E-state index in [1.807, 2.05) is 84.9 Å². The maximum Gasteiger partial charge on any atom is 0.132 e. The SMILES string of the molecule is COc1cccc(-c2cc3ccccc3c(-c3c(O)ccc4ccccc34)c2O)c1. The van der Waals surface area contributed by atoms with Crippen LogP contribution in [0.1, 0.15) is 0 Å². The van der Waals surface area contributed by atoms with E-state index in [4.69, 9.17) is 4.74 Å². The molecule has 2 N–H and O–H groups in total. The summed E-state index contributed by atoms with van der Waals surface area (Å²) in [5.74, 6) is 0.986. The van der Waals surface area contributed by atoms with Crippen molar-refractivity contribution >= 4 is 21.5 Å². The largest absolute Gasteiger partial charge is 0.507 e. The number of aromatic hydroxyl groups is 2. The summed E-state index contributed by atoms with van der Waals surface area (Å²) in [6.07, 6.45) is 0. The van der Waals surface area contributed by atoms with Crippen LogP contribution in [0.15, 0.2) is 91.0 Å². The lowest BCUT2D eigenvalue weighted by molar-refractivity contribution is 0.415. The van der Waals surface area contributed by atoms with Gasteiger partial charge in [0.05, 0.1) is 7.11 Å². The van der Waals surface area contributed by atoms with Gasteiger partial charge in [0.2, 0.25) is 0 Å². The van der Waals surface area contributed by atoms with E-state index in [2.05, 4.69) is 0 Å². The number of benzene rings is 5. The lowest BCUT2D eigenvalue weighted by Crippen LogP contribution is -1.90.